The van der Waals surface area contributed by atoms with Crippen molar-refractivity contribution in [2.45, 2.75) is 33.2 Å². The molecule has 0 saturated heterocycles. The van der Waals surface area contributed by atoms with E-state index >= 15 is 0 Å². The number of pyridine rings is 1. The summed E-state index contributed by atoms with van der Waals surface area (Å²) in [5.74, 6) is 0. The molecule has 2 heterocycles. The summed E-state index contributed by atoms with van der Waals surface area (Å²) in [7, 11) is 0. The van der Waals surface area contributed by atoms with Gasteiger partial charge in [0.1, 0.15) is 5.01 Å². The molecule has 2 rings (SSSR count). The average Bonchev–Trinajstić information content (AvgIpc) is 2.70. The van der Waals surface area contributed by atoms with Crippen molar-refractivity contribution in [3.8, 4) is 0 Å². The number of hydrogen-bond acceptors (Lipinski definition) is 4. The molecule has 1 unspecified atom stereocenters. The number of nitrogens with zero attached hydrogens (tertiary/aromatic N) is 2. The minimum Gasteiger partial charge on any atom is -0.318 e. The highest BCUT2D eigenvalue weighted by Gasteiger charge is 2.15. The minimum atomic E-state index is -0.160. The highest BCUT2D eigenvalue weighted by molar-refractivity contribution is 7.11. The zero-order chi connectivity index (χ0) is 12.4. The zero-order valence-electron chi connectivity index (χ0n) is 10.4. The van der Waals surface area contributed by atoms with E-state index < -0.39 is 0 Å². The highest BCUT2D eigenvalue weighted by atomic mass is 32.1. The largest absolute Gasteiger partial charge is 0.318 e. The monoisotopic (exact) mass is 247 g/mol. The zero-order valence-corrected chi connectivity index (χ0v) is 11.2. The molecule has 0 aliphatic heterocycles. The first-order valence-corrected chi connectivity index (χ1v) is 6.57. The van der Waals surface area contributed by atoms with Gasteiger partial charge >= 0.3 is 0 Å². The van der Waals surface area contributed by atoms with Gasteiger partial charge in [-0.15, -0.1) is 11.3 Å². The van der Waals surface area contributed by atoms with Gasteiger partial charge in [0.15, 0.2) is 0 Å². The molecule has 2 aromatic rings. The van der Waals surface area contributed by atoms with E-state index in [0.29, 0.717) is 0 Å². The first kappa shape index (κ1) is 12.2. The first-order chi connectivity index (χ1) is 8.11. The van der Waals surface area contributed by atoms with Crippen molar-refractivity contribution in [1.82, 2.24) is 9.97 Å². The molecule has 0 fully saturated rings. The van der Waals surface area contributed by atoms with Gasteiger partial charge in [-0.2, -0.15) is 0 Å². The van der Waals surface area contributed by atoms with E-state index in [1.54, 1.807) is 11.3 Å². The van der Waals surface area contributed by atoms with Crippen molar-refractivity contribution < 1.29 is 0 Å². The third-order valence-electron chi connectivity index (χ3n) is 2.80. The number of rotatable bonds is 3. The standard InChI is InChI=1S/C13H17N3S/c1-4-11-9(3)17-13(16-11)12(14)10-6-5-8(2)15-7-10/h5-7,12H,4,14H2,1-3H3. The number of hydrogen-bond donors (Lipinski definition) is 1. The van der Waals surface area contributed by atoms with Gasteiger partial charge < -0.3 is 5.73 Å². The summed E-state index contributed by atoms with van der Waals surface area (Å²) in [5, 5.41) is 0.977. The molecule has 0 spiro atoms. The second kappa shape index (κ2) is 4.94. The van der Waals surface area contributed by atoms with Crippen molar-refractivity contribution in [2.24, 2.45) is 5.73 Å². The fraction of sp³-hybridized carbons (Fsp3) is 0.385. The lowest BCUT2D eigenvalue weighted by atomic mass is 10.1. The number of thiazole rings is 1. The third kappa shape index (κ3) is 2.53. The predicted octanol–water partition coefficient (Wildman–Crippen LogP) is 2.77. The summed E-state index contributed by atoms with van der Waals surface area (Å²) in [6.07, 6.45) is 2.80. The Bertz CT molecular complexity index is 502. The van der Waals surface area contributed by atoms with Crippen molar-refractivity contribution in [1.29, 1.82) is 0 Å². The molecule has 3 nitrogen and oxygen atoms in total. The molecule has 0 saturated carbocycles. The minimum absolute atomic E-state index is 0.160. The predicted molar refractivity (Wildman–Crippen MR) is 71.2 cm³/mol. The molecular weight excluding hydrogens is 230 g/mol. The van der Waals surface area contributed by atoms with Gasteiger partial charge in [0.05, 0.1) is 11.7 Å². The van der Waals surface area contributed by atoms with Crippen LogP contribution in [0.25, 0.3) is 0 Å². The fourth-order valence-corrected chi connectivity index (χ4v) is 2.76. The fourth-order valence-electron chi connectivity index (χ4n) is 1.72. The Morgan fingerprint density at radius 3 is 2.65 bits per heavy atom. The summed E-state index contributed by atoms with van der Waals surface area (Å²) in [4.78, 5) is 10.1. The second-order valence-corrected chi connectivity index (χ2v) is 5.35. The van der Waals surface area contributed by atoms with Crippen LogP contribution in [0.15, 0.2) is 18.3 Å². The molecule has 4 heteroatoms. The van der Waals surface area contributed by atoms with Crippen molar-refractivity contribution in [3.05, 3.63) is 45.2 Å². The van der Waals surface area contributed by atoms with E-state index in [9.17, 15) is 0 Å². The van der Waals surface area contributed by atoms with Crippen molar-refractivity contribution in [3.63, 3.8) is 0 Å². The van der Waals surface area contributed by atoms with Crippen LogP contribution in [0.4, 0.5) is 0 Å². The van der Waals surface area contributed by atoms with Crippen LogP contribution in [0, 0.1) is 13.8 Å². The van der Waals surface area contributed by atoms with Gasteiger partial charge in [0.25, 0.3) is 0 Å². The Labute approximate surface area is 106 Å². The third-order valence-corrected chi connectivity index (χ3v) is 3.90. The summed E-state index contributed by atoms with van der Waals surface area (Å²) in [6.45, 7) is 6.18. The molecule has 1 atom stereocenters. The Morgan fingerprint density at radius 1 is 1.35 bits per heavy atom. The molecule has 0 aromatic carbocycles. The molecule has 2 N–H and O–H groups in total. The maximum Gasteiger partial charge on any atom is 0.114 e. The Balaban J connectivity index is 2.29. The van der Waals surface area contributed by atoms with Crippen LogP contribution < -0.4 is 5.73 Å². The maximum absolute atomic E-state index is 6.21. The molecule has 0 radical (unpaired) electrons. The molecule has 0 bridgehead atoms. The lowest BCUT2D eigenvalue weighted by Crippen LogP contribution is -2.12. The van der Waals surface area contributed by atoms with Crippen molar-refractivity contribution >= 4 is 11.3 Å². The van der Waals surface area contributed by atoms with Gasteiger partial charge in [-0.25, -0.2) is 4.98 Å². The Hall–Kier alpha value is -1.26. The number of aromatic nitrogens is 2. The molecule has 0 amide bonds. The van der Waals surface area contributed by atoms with Gasteiger partial charge in [-0.3, -0.25) is 4.98 Å². The number of nitrogens with two attached hydrogens (primary N) is 1. The lowest BCUT2D eigenvalue weighted by Gasteiger charge is -2.08. The van der Waals surface area contributed by atoms with Crippen LogP contribution in [-0.2, 0) is 6.42 Å². The summed E-state index contributed by atoms with van der Waals surface area (Å²) < 4.78 is 0. The maximum atomic E-state index is 6.21. The normalized spacial score (nSPS) is 12.7. The van der Waals surface area contributed by atoms with Gasteiger partial charge in [-0.05, 0) is 31.9 Å². The topological polar surface area (TPSA) is 51.8 Å². The molecule has 0 aliphatic rings. The molecule has 2 aromatic heterocycles. The highest BCUT2D eigenvalue weighted by Crippen LogP contribution is 2.26. The van der Waals surface area contributed by atoms with E-state index in [1.165, 1.54) is 4.88 Å². The molecule has 0 aliphatic carbocycles. The van der Waals surface area contributed by atoms with E-state index in [2.05, 4.69) is 23.8 Å². The van der Waals surface area contributed by atoms with Gasteiger partial charge in [-0.1, -0.05) is 13.0 Å². The molecule has 17 heavy (non-hydrogen) atoms. The van der Waals surface area contributed by atoms with Crippen LogP contribution in [-0.4, -0.2) is 9.97 Å². The Kier molecular flexibility index (Phi) is 3.54. The smallest absolute Gasteiger partial charge is 0.114 e. The van der Waals surface area contributed by atoms with Crippen LogP contribution in [0.2, 0.25) is 0 Å². The van der Waals surface area contributed by atoms with Crippen molar-refractivity contribution in [2.75, 3.05) is 0 Å². The second-order valence-electron chi connectivity index (χ2n) is 4.12. The summed E-state index contributed by atoms with van der Waals surface area (Å²) in [6, 6.07) is 3.85. The average molecular weight is 247 g/mol. The van der Waals surface area contributed by atoms with E-state index in [4.69, 9.17) is 5.73 Å². The summed E-state index contributed by atoms with van der Waals surface area (Å²) in [5.41, 5.74) is 9.39. The lowest BCUT2D eigenvalue weighted by molar-refractivity contribution is 0.836. The van der Waals surface area contributed by atoms with Crippen LogP contribution in [0.5, 0.6) is 0 Å². The summed E-state index contributed by atoms with van der Waals surface area (Å²) >= 11 is 1.68. The van der Waals surface area contributed by atoms with Gasteiger partial charge in [0.2, 0.25) is 0 Å². The van der Waals surface area contributed by atoms with E-state index in [-0.39, 0.29) is 6.04 Å². The number of aryl methyl sites for hydroxylation is 3. The van der Waals surface area contributed by atoms with Gasteiger partial charge in [0, 0.05) is 16.8 Å². The quantitative estimate of drug-likeness (QED) is 0.907. The SMILES string of the molecule is CCc1nc(C(N)c2ccc(C)nc2)sc1C. The van der Waals surface area contributed by atoms with E-state index in [1.807, 2.05) is 25.3 Å². The van der Waals surface area contributed by atoms with Crippen LogP contribution in [0.1, 0.15) is 39.8 Å². The van der Waals surface area contributed by atoms with E-state index in [0.717, 1.165) is 28.4 Å². The van der Waals surface area contributed by atoms with Crippen LogP contribution in [0.3, 0.4) is 0 Å². The first-order valence-electron chi connectivity index (χ1n) is 5.76. The Morgan fingerprint density at radius 2 is 2.12 bits per heavy atom. The molecule has 90 valence electrons. The molecular formula is C13H17N3S. The van der Waals surface area contributed by atoms with Crippen LogP contribution >= 0.6 is 11.3 Å².